The highest BCUT2D eigenvalue weighted by Gasteiger charge is 2.34. The molecule has 0 amide bonds. The molecular formula is C16H20N4O3. The molecule has 0 aliphatic carbocycles. The fourth-order valence-corrected chi connectivity index (χ4v) is 3.86. The molecule has 23 heavy (non-hydrogen) atoms. The van der Waals surface area contributed by atoms with Gasteiger partial charge in [0.05, 0.1) is 6.54 Å². The minimum absolute atomic E-state index is 0.119. The van der Waals surface area contributed by atoms with Gasteiger partial charge in [-0.05, 0) is 18.4 Å². The van der Waals surface area contributed by atoms with Gasteiger partial charge in [-0.1, -0.05) is 11.2 Å². The average molecular weight is 316 g/mol. The zero-order valence-electron chi connectivity index (χ0n) is 13.1. The van der Waals surface area contributed by atoms with Gasteiger partial charge in [0.25, 0.3) is 11.4 Å². The molecule has 7 heteroatoms. The first-order valence-electron chi connectivity index (χ1n) is 7.95. The summed E-state index contributed by atoms with van der Waals surface area (Å²) in [5, 5.41) is 4.02. The first kappa shape index (κ1) is 14.6. The molecule has 2 aliphatic rings. The third kappa shape index (κ3) is 2.82. The molecule has 2 aromatic rings. The number of piperidine rings is 1. The van der Waals surface area contributed by atoms with E-state index < -0.39 is 0 Å². The van der Waals surface area contributed by atoms with Crippen LogP contribution in [0.15, 0.2) is 27.5 Å². The van der Waals surface area contributed by atoms with E-state index in [2.05, 4.69) is 21.1 Å². The van der Waals surface area contributed by atoms with E-state index in [4.69, 9.17) is 9.26 Å². The quantitative estimate of drug-likeness (QED) is 0.838. The van der Waals surface area contributed by atoms with Crippen molar-refractivity contribution in [2.75, 3.05) is 20.2 Å². The van der Waals surface area contributed by atoms with Gasteiger partial charge in [0.2, 0.25) is 0 Å². The fraction of sp³-hybridized carbons (Fsp3) is 0.562. The van der Waals surface area contributed by atoms with Crippen LogP contribution in [0.1, 0.15) is 29.7 Å². The summed E-state index contributed by atoms with van der Waals surface area (Å²) in [6, 6.07) is 5.60. The number of ether oxygens (including phenoxy) is 1. The van der Waals surface area contributed by atoms with Gasteiger partial charge in [0.1, 0.15) is 6.61 Å². The van der Waals surface area contributed by atoms with Crippen molar-refractivity contribution in [3.63, 3.8) is 0 Å². The number of rotatable bonds is 4. The highest BCUT2D eigenvalue weighted by atomic mass is 16.5. The molecule has 2 aromatic heterocycles. The van der Waals surface area contributed by atoms with Crippen molar-refractivity contribution in [1.82, 2.24) is 19.6 Å². The van der Waals surface area contributed by atoms with Crippen LogP contribution in [0.25, 0.3) is 0 Å². The molecule has 4 rings (SSSR count). The highest BCUT2D eigenvalue weighted by molar-refractivity contribution is 5.17. The molecular weight excluding hydrogens is 296 g/mol. The van der Waals surface area contributed by atoms with E-state index >= 15 is 0 Å². The second-order valence-corrected chi connectivity index (χ2v) is 6.43. The average Bonchev–Trinajstić information content (AvgIpc) is 2.96. The Morgan fingerprint density at radius 2 is 2.26 bits per heavy atom. The molecule has 0 saturated carbocycles. The number of pyridine rings is 1. The Labute approximate surface area is 133 Å². The van der Waals surface area contributed by atoms with Crippen molar-refractivity contribution in [2.24, 2.45) is 5.92 Å². The van der Waals surface area contributed by atoms with E-state index in [0.29, 0.717) is 36.7 Å². The van der Waals surface area contributed by atoms with Gasteiger partial charge in [-0.15, -0.1) is 0 Å². The van der Waals surface area contributed by atoms with Crippen molar-refractivity contribution in [2.45, 2.75) is 32.0 Å². The van der Waals surface area contributed by atoms with E-state index in [9.17, 15) is 4.79 Å². The van der Waals surface area contributed by atoms with E-state index in [0.717, 1.165) is 31.7 Å². The molecule has 0 aromatic carbocycles. The molecule has 2 bridgehead atoms. The molecule has 2 unspecified atom stereocenters. The molecule has 0 N–H and O–H groups in total. The molecule has 4 heterocycles. The van der Waals surface area contributed by atoms with Crippen LogP contribution in [0, 0.1) is 5.92 Å². The summed E-state index contributed by atoms with van der Waals surface area (Å²) in [6.07, 6.45) is 1.15. The Balaban J connectivity index is 1.50. The number of nitrogens with zero attached hydrogens (tertiary/aromatic N) is 4. The summed E-state index contributed by atoms with van der Waals surface area (Å²) in [4.78, 5) is 18.7. The van der Waals surface area contributed by atoms with Crippen LogP contribution in [0.4, 0.5) is 0 Å². The largest absolute Gasteiger partial charge is 0.375 e. The van der Waals surface area contributed by atoms with Crippen LogP contribution < -0.4 is 5.56 Å². The molecule has 0 radical (unpaired) electrons. The van der Waals surface area contributed by atoms with Crippen LogP contribution in [-0.2, 0) is 24.4 Å². The Kier molecular flexibility index (Phi) is 3.74. The number of aromatic nitrogens is 3. The predicted molar refractivity (Wildman–Crippen MR) is 81.8 cm³/mol. The summed E-state index contributed by atoms with van der Waals surface area (Å²) >= 11 is 0. The van der Waals surface area contributed by atoms with Crippen LogP contribution >= 0.6 is 0 Å². The van der Waals surface area contributed by atoms with E-state index in [-0.39, 0.29) is 5.56 Å². The van der Waals surface area contributed by atoms with Crippen molar-refractivity contribution in [3.05, 3.63) is 46.0 Å². The van der Waals surface area contributed by atoms with Crippen molar-refractivity contribution in [3.8, 4) is 0 Å². The Bertz CT molecular complexity index is 754. The topological polar surface area (TPSA) is 73.4 Å². The minimum Gasteiger partial charge on any atom is -0.375 e. The molecule has 7 nitrogen and oxygen atoms in total. The number of fused-ring (bicyclic) bond motifs is 4. The zero-order valence-corrected chi connectivity index (χ0v) is 13.1. The summed E-state index contributed by atoms with van der Waals surface area (Å²) in [5.74, 6) is 2.12. The van der Waals surface area contributed by atoms with Gasteiger partial charge in [0, 0.05) is 44.4 Å². The molecule has 1 saturated heterocycles. The lowest BCUT2D eigenvalue weighted by Crippen LogP contribution is -2.46. The van der Waals surface area contributed by atoms with Gasteiger partial charge in [-0.3, -0.25) is 9.69 Å². The lowest BCUT2D eigenvalue weighted by atomic mass is 9.83. The molecule has 2 aliphatic heterocycles. The van der Waals surface area contributed by atoms with Crippen LogP contribution in [0.3, 0.4) is 0 Å². The van der Waals surface area contributed by atoms with Gasteiger partial charge < -0.3 is 13.8 Å². The monoisotopic (exact) mass is 316 g/mol. The molecule has 2 atom stereocenters. The smallest absolute Gasteiger partial charge is 0.252 e. The fourth-order valence-electron chi connectivity index (χ4n) is 3.86. The van der Waals surface area contributed by atoms with Crippen molar-refractivity contribution >= 4 is 0 Å². The third-order valence-corrected chi connectivity index (χ3v) is 4.70. The summed E-state index contributed by atoms with van der Waals surface area (Å²) < 4.78 is 12.1. The normalized spacial score (nSPS) is 23.7. The van der Waals surface area contributed by atoms with Gasteiger partial charge in [-0.2, -0.15) is 4.98 Å². The van der Waals surface area contributed by atoms with E-state index in [1.165, 1.54) is 0 Å². The maximum Gasteiger partial charge on any atom is 0.252 e. The van der Waals surface area contributed by atoms with Crippen molar-refractivity contribution in [1.29, 1.82) is 0 Å². The summed E-state index contributed by atoms with van der Waals surface area (Å²) in [5.41, 5.74) is 1.28. The second-order valence-electron chi connectivity index (χ2n) is 6.43. The van der Waals surface area contributed by atoms with Gasteiger partial charge in [0.15, 0.2) is 5.82 Å². The van der Waals surface area contributed by atoms with Crippen LogP contribution in [0.2, 0.25) is 0 Å². The lowest BCUT2D eigenvalue weighted by molar-refractivity contribution is 0.111. The zero-order chi connectivity index (χ0) is 15.8. The van der Waals surface area contributed by atoms with Crippen LogP contribution in [-0.4, -0.2) is 39.8 Å². The Morgan fingerprint density at radius 1 is 1.35 bits per heavy atom. The third-order valence-electron chi connectivity index (χ3n) is 4.70. The summed E-state index contributed by atoms with van der Waals surface area (Å²) in [7, 11) is 1.61. The maximum absolute atomic E-state index is 12.0. The number of likely N-dealkylation sites (tertiary alicyclic amines) is 1. The number of hydrogen-bond acceptors (Lipinski definition) is 6. The van der Waals surface area contributed by atoms with E-state index in [1.807, 2.05) is 10.6 Å². The molecule has 0 spiro atoms. The van der Waals surface area contributed by atoms with Gasteiger partial charge >= 0.3 is 0 Å². The van der Waals surface area contributed by atoms with Crippen LogP contribution in [0.5, 0.6) is 0 Å². The number of hydrogen-bond donors (Lipinski definition) is 0. The maximum atomic E-state index is 12.0. The molecule has 122 valence electrons. The summed E-state index contributed by atoms with van der Waals surface area (Å²) in [6.45, 7) is 3.72. The second kappa shape index (κ2) is 5.90. The SMILES string of the molecule is COCc1nc(CN2CC3CC(C2)c2cccc(=O)n2C3)no1. The minimum atomic E-state index is 0.119. The first-order valence-corrected chi connectivity index (χ1v) is 7.95. The standard InChI is InChI=1S/C16H20N4O3/c1-22-10-15-17-14(18-23-15)9-19-6-11-5-12(8-19)13-3-2-4-16(21)20(13)7-11/h2-4,11-12H,5-10H2,1H3. The highest BCUT2D eigenvalue weighted by Crippen LogP contribution is 2.35. The molecule has 1 fully saturated rings. The first-order chi connectivity index (χ1) is 11.2. The number of methoxy groups -OCH3 is 1. The van der Waals surface area contributed by atoms with Crippen molar-refractivity contribution < 1.29 is 9.26 Å². The Hall–Kier alpha value is -1.99. The Morgan fingerprint density at radius 3 is 3.13 bits per heavy atom. The van der Waals surface area contributed by atoms with E-state index in [1.54, 1.807) is 13.2 Å². The van der Waals surface area contributed by atoms with Gasteiger partial charge in [-0.25, -0.2) is 0 Å². The lowest BCUT2D eigenvalue weighted by Gasteiger charge is -2.42. The predicted octanol–water partition coefficient (Wildman–Crippen LogP) is 0.997.